The van der Waals surface area contributed by atoms with Crippen LogP contribution in [-0.2, 0) is 39.2 Å². The van der Waals surface area contributed by atoms with E-state index < -0.39 is 40.8 Å². The minimum Gasteiger partial charge on any atom is -0.367 e. The molecule has 9 nitrogen and oxygen atoms in total. The molecule has 3 aromatic rings. The van der Waals surface area contributed by atoms with Crippen molar-refractivity contribution in [2.45, 2.75) is 37.1 Å². The fourth-order valence-electron chi connectivity index (χ4n) is 3.45. The van der Waals surface area contributed by atoms with E-state index in [9.17, 15) is 26.4 Å². The zero-order chi connectivity index (χ0) is 23.0. The zero-order valence-corrected chi connectivity index (χ0v) is 17.5. The van der Waals surface area contributed by atoms with Crippen LogP contribution >= 0.6 is 0 Å². The van der Waals surface area contributed by atoms with E-state index in [0.29, 0.717) is 11.3 Å². The molecule has 1 aromatic carbocycles. The highest BCUT2D eigenvalue weighted by atomic mass is 32.2. The number of ether oxygens (including phenoxy) is 1. The van der Waals surface area contributed by atoms with Gasteiger partial charge in [0.2, 0.25) is 0 Å². The van der Waals surface area contributed by atoms with Crippen LogP contribution in [0, 0.1) is 5.82 Å². The first-order valence-electron chi connectivity index (χ1n) is 9.40. The number of carbonyl (C=O) groups excluding carboxylic acids is 1. The first-order chi connectivity index (χ1) is 15.2. The molecule has 0 fully saturated rings. The Morgan fingerprint density at radius 2 is 1.97 bits per heavy atom. The molecule has 0 spiro atoms. The van der Waals surface area contributed by atoms with E-state index in [1.807, 2.05) is 0 Å². The van der Waals surface area contributed by atoms with Crippen LogP contribution in [0.25, 0.3) is 0 Å². The van der Waals surface area contributed by atoms with Gasteiger partial charge in [0.05, 0.1) is 18.4 Å². The van der Waals surface area contributed by atoms with E-state index in [0.717, 1.165) is 21.2 Å². The summed E-state index contributed by atoms with van der Waals surface area (Å²) in [7, 11) is -2.84. The van der Waals surface area contributed by atoms with Crippen molar-refractivity contribution in [2.75, 3.05) is 7.11 Å². The predicted molar refractivity (Wildman–Crippen MR) is 103 cm³/mol. The third-order valence-corrected chi connectivity index (χ3v) is 6.48. The molecule has 1 atom stereocenters. The van der Waals surface area contributed by atoms with Crippen LogP contribution in [0.5, 0.6) is 0 Å². The van der Waals surface area contributed by atoms with Crippen LogP contribution in [0.4, 0.5) is 13.2 Å². The molecule has 0 N–H and O–H groups in total. The number of benzene rings is 1. The predicted octanol–water partition coefficient (Wildman–Crippen LogP) is 1.95. The third kappa shape index (κ3) is 4.00. The SMILES string of the molecule is COC(C(=O)N1Cc2cn(S(=O)(=O)c3cnn(CC(F)F)c3)nc2C1)c1ccccc1F. The number of halogens is 3. The summed E-state index contributed by atoms with van der Waals surface area (Å²) in [6.45, 7) is -0.664. The summed E-state index contributed by atoms with van der Waals surface area (Å²) in [5.74, 6) is -1.06. The van der Waals surface area contributed by atoms with Crippen molar-refractivity contribution in [1.82, 2.24) is 23.9 Å². The van der Waals surface area contributed by atoms with Gasteiger partial charge in [-0.2, -0.15) is 22.7 Å². The quantitative estimate of drug-likeness (QED) is 0.525. The molecule has 0 aliphatic carbocycles. The van der Waals surface area contributed by atoms with Crippen molar-refractivity contribution in [2.24, 2.45) is 0 Å². The number of hydrogen-bond donors (Lipinski definition) is 0. The lowest BCUT2D eigenvalue weighted by Gasteiger charge is -2.22. The monoisotopic (exact) mass is 469 g/mol. The molecule has 4 rings (SSSR count). The molecule has 170 valence electrons. The van der Waals surface area contributed by atoms with Crippen molar-refractivity contribution >= 4 is 15.9 Å². The topological polar surface area (TPSA) is 99.3 Å². The molecule has 0 saturated heterocycles. The maximum Gasteiger partial charge on any atom is 0.286 e. The summed E-state index contributed by atoms with van der Waals surface area (Å²) in [6.07, 6.45) is -0.605. The standard InChI is InChI=1S/C19H18F3N5O4S/c1-31-18(14-4-2-3-5-15(14)20)19(28)25-7-12-8-27(24-16(12)10-25)32(29,30)13-6-23-26(9-13)11-17(21)22/h2-6,8-9,17-18H,7,10-11H2,1H3. The van der Waals surface area contributed by atoms with Crippen LogP contribution in [0.3, 0.4) is 0 Å². The lowest BCUT2D eigenvalue weighted by atomic mass is 10.1. The van der Waals surface area contributed by atoms with Crippen molar-refractivity contribution in [3.05, 3.63) is 65.5 Å². The molecule has 13 heteroatoms. The van der Waals surface area contributed by atoms with Crippen molar-refractivity contribution in [3.63, 3.8) is 0 Å². The summed E-state index contributed by atoms with van der Waals surface area (Å²) in [5, 5.41) is 7.68. The van der Waals surface area contributed by atoms with Gasteiger partial charge < -0.3 is 9.64 Å². The Morgan fingerprint density at radius 1 is 1.22 bits per heavy atom. The van der Waals surface area contributed by atoms with Crippen LogP contribution in [0.1, 0.15) is 22.9 Å². The Balaban J connectivity index is 1.52. The van der Waals surface area contributed by atoms with Gasteiger partial charge in [0, 0.05) is 37.2 Å². The minimum absolute atomic E-state index is 0.00957. The number of rotatable bonds is 7. The maximum atomic E-state index is 14.1. The van der Waals surface area contributed by atoms with Crippen molar-refractivity contribution < 1.29 is 31.1 Å². The molecule has 0 saturated carbocycles. The van der Waals surface area contributed by atoms with Gasteiger partial charge in [-0.1, -0.05) is 18.2 Å². The van der Waals surface area contributed by atoms with Crippen LogP contribution in [0.15, 0.2) is 47.8 Å². The van der Waals surface area contributed by atoms with Crippen LogP contribution < -0.4 is 0 Å². The van der Waals surface area contributed by atoms with Crippen molar-refractivity contribution in [1.29, 1.82) is 0 Å². The smallest absolute Gasteiger partial charge is 0.286 e. The Labute approximate surface area is 181 Å². The van der Waals surface area contributed by atoms with Gasteiger partial charge in [-0.25, -0.2) is 13.2 Å². The molecular formula is C19H18F3N5O4S. The first kappa shape index (κ1) is 22.0. The summed E-state index contributed by atoms with van der Waals surface area (Å²) in [5.41, 5.74) is 0.938. The average molecular weight is 469 g/mol. The lowest BCUT2D eigenvalue weighted by molar-refractivity contribution is -0.143. The Morgan fingerprint density at radius 3 is 2.62 bits per heavy atom. The Bertz CT molecular complexity index is 1230. The van der Waals surface area contributed by atoms with Gasteiger partial charge in [0.1, 0.15) is 17.3 Å². The number of aromatic nitrogens is 4. The fraction of sp³-hybridized carbons (Fsp3) is 0.316. The third-order valence-electron chi connectivity index (χ3n) is 5.00. The molecule has 1 unspecified atom stereocenters. The second-order valence-corrected chi connectivity index (χ2v) is 8.90. The molecule has 1 amide bonds. The largest absolute Gasteiger partial charge is 0.367 e. The average Bonchev–Trinajstić information content (AvgIpc) is 3.44. The van der Waals surface area contributed by atoms with Crippen LogP contribution in [0.2, 0.25) is 0 Å². The van der Waals surface area contributed by atoms with E-state index in [1.165, 1.54) is 36.4 Å². The Kier molecular flexibility index (Phi) is 5.77. The number of carbonyl (C=O) groups is 1. The zero-order valence-electron chi connectivity index (χ0n) is 16.7. The summed E-state index contributed by atoms with van der Waals surface area (Å²) in [4.78, 5) is 14.0. The Hall–Kier alpha value is -3.19. The number of nitrogens with zero attached hydrogens (tertiary/aromatic N) is 5. The van der Waals surface area contributed by atoms with Gasteiger partial charge in [-0.15, -0.1) is 0 Å². The minimum atomic E-state index is -4.14. The second-order valence-electron chi connectivity index (χ2n) is 7.10. The highest BCUT2D eigenvalue weighted by Crippen LogP contribution is 2.29. The van der Waals surface area contributed by atoms with Gasteiger partial charge in [-0.05, 0) is 6.07 Å². The number of methoxy groups -OCH3 is 1. The number of amides is 1. The van der Waals surface area contributed by atoms with E-state index in [-0.39, 0.29) is 23.5 Å². The van der Waals surface area contributed by atoms with E-state index in [4.69, 9.17) is 4.74 Å². The number of fused-ring (bicyclic) bond motifs is 1. The molecule has 2 aromatic heterocycles. The highest BCUT2D eigenvalue weighted by molar-refractivity contribution is 7.89. The van der Waals surface area contributed by atoms with Gasteiger partial charge >= 0.3 is 0 Å². The van der Waals surface area contributed by atoms with E-state index in [1.54, 1.807) is 6.07 Å². The molecule has 0 radical (unpaired) electrons. The summed E-state index contributed by atoms with van der Waals surface area (Å²) in [6, 6.07) is 5.78. The van der Waals surface area contributed by atoms with Gasteiger partial charge in [-0.3, -0.25) is 9.48 Å². The summed E-state index contributed by atoms with van der Waals surface area (Å²) >= 11 is 0. The van der Waals surface area contributed by atoms with Crippen molar-refractivity contribution in [3.8, 4) is 0 Å². The number of alkyl halides is 2. The summed E-state index contributed by atoms with van der Waals surface area (Å²) < 4.78 is 71.4. The highest BCUT2D eigenvalue weighted by Gasteiger charge is 2.34. The second kappa shape index (κ2) is 8.39. The molecule has 32 heavy (non-hydrogen) atoms. The lowest BCUT2D eigenvalue weighted by Crippen LogP contribution is -2.32. The molecule has 1 aliphatic rings. The normalized spacial score (nSPS) is 14.7. The number of hydrogen-bond acceptors (Lipinski definition) is 6. The molecule has 1 aliphatic heterocycles. The molecule has 3 heterocycles. The fourth-order valence-corrected chi connectivity index (χ4v) is 4.57. The van der Waals surface area contributed by atoms with Crippen LogP contribution in [-0.4, -0.2) is 51.7 Å². The molecule has 0 bridgehead atoms. The van der Waals surface area contributed by atoms with E-state index in [2.05, 4.69) is 10.2 Å². The van der Waals surface area contributed by atoms with Gasteiger partial charge in [0.15, 0.2) is 6.10 Å². The van der Waals surface area contributed by atoms with E-state index >= 15 is 0 Å². The first-order valence-corrected chi connectivity index (χ1v) is 10.8. The van der Waals surface area contributed by atoms with Gasteiger partial charge in [0.25, 0.3) is 22.4 Å². The molecular weight excluding hydrogens is 451 g/mol. The maximum absolute atomic E-state index is 14.1.